The molecule has 0 aliphatic rings. The van der Waals surface area contributed by atoms with Gasteiger partial charge in [-0.05, 0) is 27.4 Å². The Morgan fingerprint density at radius 1 is 1.55 bits per heavy atom. The lowest BCUT2D eigenvalue weighted by molar-refractivity contribution is -0.114. The Labute approximate surface area is 68.7 Å². The predicted octanol–water partition coefficient (Wildman–Crippen LogP) is 0.664. The fourth-order valence-corrected chi connectivity index (χ4v) is 0.407. The molecule has 3 nitrogen and oxygen atoms in total. The number of nitrogens with one attached hydrogen (secondary N) is 1. The Morgan fingerprint density at radius 2 is 1.91 bits per heavy atom. The molecule has 0 aromatic carbocycles. The average Bonchev–Trinajstić information content (AvgIpc) is 1.90. The summed E-state index contributed by atoms with van der Waals surface area (Å²) in [5, 5.41) is 2.75. The number of primary amides is 1. The molecule has 66 valence electrons. The summed E-state index contributed by atoms with van der Waals surface area (Å²) >= 11 is 0. The average molecular weight is 158 g/mol. The van der Waals surface area contributed by atoms with Gasteiger partial charge in [-0.3, -0.25) is 4.79 Å². The first-order chi connectivity index (χ1) is 5.09. The van der Waals surface area contributed by atoms with E-state index in [0.29, 0.717) is 5.57 Å². The van der Waals surface area contributed by atoms with Crippen molar-refractivity contribution in [1.29, 1.82) is 0 Å². The van der Waals surface area contributed by atoms with E-state index < -0.39 is 0 Å². The van der Waals surface area contributed by atoms with Crippen molar-refractivity contribution in [3.05, 3.63) is 11.6 Å². The highest BCUT2D eigenvalue weighted by molar-refractivity contribution is 5.91. The second-order valence-electron chi connectivity index (χ2n) is 2.16. The molecule has 0 saturated heterocycles. The summed E-state index contributed by atoms with van der Waals surface area (Å²) in [6.45, 7) is 3.68. The summed E-state index contributed by atoms with van der Waals surface area (Å²) < 4.78 is 0. The zero-order chi connectivity index (χ0) is 9.28. The smallest absolute Gasteiger partial charge is 0.244 e. The molecule has 0 unspecified atom stereocenters. The minimum absolute atomic E-state index is 0.327. The third-order valence-corrected chi connectivity index (χ3v) is 0.899. The Balaban J connectivity index is 0. The summed E-state index contributed by atoms with van der Waals surface area (Å²) in [5.41, 5.74) is 5.56. The molecule has 0 aromatic rings. The van der Waals surface area contributed by atoms with Crippen LogP contribution in [0.25, 0.3) is 0 Å². The van der Waals surface area contributed by atoms with Gasteiger partial charge in [0.25, 0.3) is 0 Å². The molecule has 0 aliphatic carbocycles. The van der Waals surface area contributed by atoms with Gasteiger partial charge in [-0.2, -0.15) is 0 Å². The maximum Gasteiger partial charge on any atom is 0.244 e. The summed E-state index contributed by atoms with van der Waals surface area (Å²) in [7, 11) is 3.75. The number of rotatable bonds is 2. The van der Waals surface area contributed by atoms with Gasteiger partial charge in [0.1, 0.15) is 0 Å². The van der Waals surface area contributed by atoms with Crippen molar-refractivity contribution in [2.24, 2.45) is 5.73 Å². The lowest BCUT2D eigenvalue weighted by Gasteiger charge is -1.88. The van der Waals surface area contributed by atoms with Crippen molar-refractivity contribution in [2.45, 2.75) is 20.3 Å². The Morgan fingerprint density at radius 3 is 2.00 bits per heavy atom. The molecule has 0 aliphatic heterocycles. The van der Waals surface area contributed by atoms with Crippen LogP contribution in [0.5, 0.6) is 0 Å². The summed E-state index contributed by atoms with van der Waals surface area (Å²) in [6.07, 6.45) is 2.68. The largest absolute Gasteiger partial charge is 0.366 e. The van der Waals surface area contributed by atoms with E-state index in [4.69, 9.17) is 5.73 Å². The van der Waals surface area contributed by atoms with Crippen LogP contribution in [0.15, 0.2) is 11.6 Å². The number of hydrogen-bond acceptors (Lipinski definition) is 2. The summed E-state index contributed by atoms with van der Waals surface area (Å²) in [5.74, 6) is -0.327. The number of hydrogen-bond donors (Lipinski definition) is 2. The number of nitrogens with two attached hydrogens (primary N) is 1. The van der Waals surface area contributed by atoms with Gasteiger partial charge in [-0.1, -0.05) is 13.0 Å². The van der Waals surface area contributed by atoms with Crippen LogP contribution in [-0.4, -0.2) is 20.0 Å². The molecule has 1 amide bonds. The number of amides is 1. The van der Waals surface area contributed by atoms with Gasteiger partial charge in [0.15, 0.2) is 0 Å². The first-order valence-electron chi connectivity index (χ1n) is 3.65. The highest BCUT2D eigenvalue weighted by Gasteiger charge is 1.91. The first-order valence-corrected chi connectivity index (χ1v) is 3.65. The van der Waals surface area contributed by atoms with Crippen molar-refractivity contribution in [3.8, 4) is 0 Å². The van der Waals surface area contributed by atoms with Crippen LogP contribution in [0, 0.1) is 0 Å². The van der Waals surface area contributed by atoms with Crippen LogP contribution in [0.4, 0.5) is 0 Å². The topological polar surface area (TPSA) is 55.1 Å². The molecule has 3 heteroatoms. The van der Waals surface area contributed by atoms with Gasteiger partial charge in [0.2, 0.25) is 5.91 Å². The highest BCUT2D eigenvalue weighted by atomic mass is 16.1. The third-order valence-electron chi connectivity index (χ3n) is 0.899. The zero-order valence-electron chi connectivity index (χ0n) is 7.77. The van der Waals surface area contributed by atoms with E-state index in [1.165, 1.54) is 0 Å². The second-order valence-corrected chi connectivity index (χ2v) is 2.16. The molecule has 0 radical (unpaired) electrons. The van der Waals surface area contributed by atoms with Crippen molar-refractivity contribution >= 4 is 5.91 Å². The molecule has 0 rings (SSSR count). The van der Waals surface area contributed by atoms with E-state index >= 15 is 0 Å². The van der Waals surface area contributed by atoms with Gasteiger partial charge >= 0.3 is 0 Å². The monoisotopic (exact) mass is 158 g/mol. The van der Waals surface area contributed by atoms with E-state index in [2.05, 4.69) is 5.32 Å². The van der Waals surface area contributed by atoms with Crippen LogP contribution in [0.2, 0.25) is 0 Å². The van der Waals surface area contributed by atoms with Crippen molar-refractivity contribution in [1.82, 2.24) is 5.32 Å². The molecule has 0 fully saturated rings. The zero-order valence-corrected chi connectivity index (χ0v) is 7.77. The fraction of sp³-hybridized carbons (Fsp3) is 0.625. The number of allylic oxidation sites excluding steroid dienone is 1. The Hall–Kier alpha value is -0.830. The first kappa shape index (κ1) is 12.8. The second kappa shape index (κ2) is 9.17. The molecule has 11 heavy (non-hydrogen) atoms. The predicted molar refractivity (Wildman–Crippen MR) is 48.2 cm³/mol. The van der Waals surface area contributed by atoms with Crippen LogP contribution in [-0.2, 0) is 4.79 Å². The Bertz CT molecular complexity index is 130. The van der Waals surface area contributed by atoms with Crippen LogP contribution < -0.4 is 11.1 Å². The standard InChI is InChI=1S/C6H11NO.C2H7N/c1-3-4-5(2)6(7)8;1-3-2/h4H,3H2,1-2H3,(H2,7,8);3H,1-2H3. The van der Waals surface area contributed by atoms with E-state index in [0.717, 1.165) is 6.42 Å². The molecule has 0 atom stereocenters. The van der Waals surface area contributed by atoms with E-state index in [-0.39, 0.29) is 5.91 Å². The van der Waals surface area contributed by atoms with Crippen LogP contribution >= 0.6 is 0 Å². The van der Waals surface area contributed by atoms with E-state index in [1.807, 2.05) is 27.1 Å². The molecule has 0 saturated carbocycles. The molecule has 0 aromatic heterocycles. The number of carbonyl (C=O) groups is 1. The van der Waals surface area contributed by atoms with Gasteiger partial charge in [-0.15, -0.1) is 0 Å². The molecule has 0 heterocycles. The van der Waals surface area contributed by atoms with E-state index in [9.17, 15) is 4.79 Å². The molecule has 0 spiro atoms. The number of carbonyl (C=O) groups excluding carboxylic acids is 1. The SMILES string of the molecule is CCC=C(C)C(N)=O.CNC. The van der Waals surface area contributed by atoms with Gasteiger partial charge < -0.3 is 11.1 Å². The molecule has 0 bridgehead atoms. The molecule has 3 N–H and O–H groups in total. The maximum absolute atomic E-state index is 10.2. The minimum Gasteiger partial charge on any atom is -0.366 e. The quantitative estimate of drug-likeness (QED) is 0.580. The summed E-state index contributed by atoms with van der Waals surface area (Å²) in [6, 6.07) is 0. The maximum atomic E-state index is 10.2. The van der Waals surface area contributed by atoms with Gasteiger partial charge in [0.05, 0.1) is 0 Å². The van der Waals surface area contributed by atoms with E-state index in [1.54, 1.807) is 6.92 Å². The van der Waals surface area contributed by atoms with Crippen LogP contribution in [0.1, 0.15) is 20.3 Å². The lowest BCUT2D eigenvalue weighted by atomic mass is 10.2. The third kappa shape index (κ3) is 12.4. The fourth-order valence-electron chi connectivity index (χ4n) is 0.407. The highest BCUT2D eigenvalue weighted by Crippen LogP contribution is 1.91. The Kier molecular flexibility index (Phi) is 10.7. The van der Waals surface area contributed by atoms with Gasteiger partial charge in [-0.25, -0.2) is 0 Å². The normalized spacial score (nSPS) is 10.0. The lowest BCUT2D eigenvalue weighted by Crippen LogP contribution is -2.11. The summed E-state index contributed by atoms with van der Waals surface area (Å²) in [4.78, 5) is 10.2. The van der Waals surface area contributed by atoms with Crippen molar-refractivity contribution in [3.63, 3.8) is 0 Å². The van der Waals surface area contributed by atoms with Crippen molar-refractivity contribution in [2.75, 3.05) is 14.1 Å². The molecular weight excluding hydrogens is 140 g/mol. The van der Waals surface area contributed by atoms with Gasteiger partial charge in [0, 0.05) is 5.57 Å². The van der Waals surface area contributed by atoms with Crippen molar-refractivity contribution < 1.29 is 4.79 Å². The minimum atomic E-state index is -0.327. The van der Waals surface area contributed by atoms with Crippen LogP contribution in [0.3, 0.4) is 0 Å². The molecular formula is C8H18N2O.